The summed E-state index contributed by atoms with van der Waals surface area (Å²) in [5.41, 5.74) is 1.99. The Labute approximate surface area is 150 Å². The molecular weight excluding hydrogens is 343 g/mol. The average molecular weight is 363 g/mol. The molecular formula is C19H20F3N3O. The fourth-order valence-corrected chi connectivity index (χ4v) is 2.93. The van der Waals surface area contributed by atoms with Crippen LogP contribution in [0.4, 0.5) is 29.3 Å². The Bertz CT molecular complexity index is 787. The van der Waals surface area contributed by atoms with Crippen molar-refractivity contribution in [2.24, 2.45) is 0 Å². The lowest BCUT2D eigenvalue weighted by molar-refractivity contribution is 0.208. The third kappa shape index (κ3) is 3.76. The van der Waals surface area contributed by atoms with E-state index in [1.54, 1.807) is 0 Å². The molecule has 1 N–H and O–H groups in total. The second-order valence-electron chi connectivity index (χ2n) is 6.15. The predicted octanol–water partition coefficient (Wildman–Crippen LogP) is 4.02. The number of halogens is 3. The van der Waals surface area contributed by atoms with Crippen LogP contribution < -0.4 is 10.2 Å². The smallest absolute Gasteiger partial charge is 0.322 e. The zero-order chi connectivity index (χ0) is 18.7. The van der Waals surface area contributed by atoms with E-state index >= 15 is 0 Å². The SMILES string of the molecule is CCc1ccc(N2CCN(C(=O)Nc3ccc(F)c(F)c3F)CC2)cc1. The van der Waals surface area contributed by atoms with Gasteiger partial charge in [-0.25, -0.2) is 18.0 Å². The van der Waals surface area contributed by atoms with Gasteiger partial charge in [0.1, 0.15) is 0 Å². The highest BCUT2D eigenvalue weighted by atomic mass is 19.2. The summed E-state index contributed by atoms with van der Waals surface area (Å²) >= 11 is 0. The van der Waals surface area contributed by atoms with Crippen LogP contribution in [0.15, 0.2) is 36.4 Å². The molecule has 1 fully saturated rings. The number of hydrogen-bond donors (Lipinski definition) is 1. The lowest BCUT2D eigenvalue weighted by Gasteiger charge is -2.36. The second-order valence-corrected chi connectivity index (χ2v) is 6.15. The van der Waals surface area contributed by atoms with Crippen LogP contribution in [0, 0.1) is 17.5 Å². The van der Waals surface area contributed by atoms with Gasteiger partial charge in [0, 0.05) is 31.9 Å². The van der Waals surface area contributed by atoms with Gasteiger partial charge in [0.25, 0.3) is 0 Å². The summed E-state index contributed by atoms with van der Waals surface area (Å²) < 4.78 is 39.9. The molecule has 0 aromatic heterocycles. The van der Waals surface area contributed by atoms with Crippen LogP contribution in [0.25, 0.3) is 0 Å². The molecule has 2 aromatic carbocycles. The van der Waals surface area contributed by atoms with Gasteiger partial charge in [0.05, 0.1) is 5.69 Å². The van der Waals surface area contributed by atoms with Crippen LogP contribution >= 0.6 is 0 Å². The molecule has 0 spiro atoms. The summed E-state index contributed by atoms with van der Waals surface area (Å²) in [5.74, 6) is -4.28. The standard InChI is InChI=1S/C19H20F3N3O/c1-2-13-3-5-14(6-4-13)24-9-11-25(12-10-24)19(26)23-16-8-7-15(20)17(21)18(16)22/h3-8H,2,9-12H2,1H3,(H,23,26). The van der Waals surface area contributed by atoms with Crippen LogP contribution in [0.2, 0.25) is 0 Å². The Hall–Kier alpha value is -2.70. The molecule has 0 atom stereocenters. The van der Waals surface area contributed by atoms with Gasteiger partial charge in [-0.1, -0.05) is 19.1 Å². The largest absolute Gasteiger partial charge is 0.368 e. The minimum atomic E-state index is -1.59. The van der Waals surface area contributed by atoms with Crippen LogP contribution in [0.3, 0.4) is 0 Å². The number of rotatable bonds is 3. The van der Waals surface area contributed by atoms with Gasteiger partial charge < -0.3 is 15.1 Å². The molecule has 1 aliphatic heterocycles. The van der Waals surface area contributed by atoms with Crippen molar-refractivity contribution in [1.82, 2.24) is 4.90 Å². The van der Waals surface area contributed by atoms with Crippen molar-refractivity contribution in [3.05, 3.63) is 59.4 Å². The van der Waals surface area contributed by atoms with E-state index in [0.717, 1.165) is 24.2 Å². The predicted molar refractivity (Wildman–Crippen MR) is 94.9 cm³/mol. The van der Waals surface area contributed by atoms with E-state index in [9.17, 15) is 18.0 Å². The Morgan fingerprint density at radius 1 is 0.962 bits per heavy atom. The number of hydrogen-bond acceptors (Lipinski definition) is 2. The molecule has 7 heteroatoms. The Kier molecular flexibility index (Phi) is 5.35. The fraction of sp³-hybridized carbons (Fsp3) is 0.316. The highest BCUT2D eigenvalue weighted by Gasteiger charge is 2.23. The monoisotopic (exact) mass is 363 g/mol. The summed E-state index contributed by atoms with van der Waals surface area (Å²) in [7, 11) is 0. The summed E-state index contributed by atoms with van der Waals surface area (Å²) in [6.07, 6.45) is 0.981. The van der Waals surface area contributed by atoms with Crippen molar-refractivity contribution < 1.29 is 18.0 Å². The first kappa shape index (κ1) is 18.1. The first-order valence-corrected chi connectivity index (χ1v) is 8.53. The molecule has 0 bridgehead atoms. The van der Waals surface area contributed by atoms with Crippen LogP contribution in [-0.2, 0) is 6.42 Å². The highest BCUT2D eigenvalue weighted by Crippen LogP contribution is 2.21. The molecule has 4 nitrogen and oxygen atoms in total. The Morgan fingerprint density at radius 3 is 2.23 bits per heavy atom. The number of carbonyl (C=O) groups is 1. The van der Waals surface area contributed by atoms with Crippen LogP contribution in [-0.4, -0.2) is 37.1 Å². The number of carbonyl (C=O) groups excluding carboxylic acids is 1. The summed E-state index contributed by atoms with van der Waals surface area (Å²) in [4.78, 5) is 15.9. The molecule has 0 aliphatic carbocycles. The number of anilines is 2. The van der Waals surface area contributed by atoms with Gasteiger partial charge in [0.15, 0.2) is 17.5 Å². The van der Waals surface area contributed by atoms with Crippen LogP contribution in [0.1, 0.15) is 12.5 Å². The Morgan fingerprint density at radius 2 is 1.62 bits per heavy atom. The van der Waals surface area contributed by atoms with Crippen molar-refractivity contribution in [3.8, 4) is 0 Å². The molecule has 1 aliphatic rings. The van der Waals surface area contributed by atoms with E-state index in [0.29, 0.717) is 26.2 Å². The van der Waals surface area contributed by atoms with E-state index in [1.807, 2.05) is 0 Å². The first-order valence-electron chi connectivity index (χ1n) is 8.53. The van der Waals surface area contributed by atoms with Gasteiger partial charge in [-0.2, -0.15) is 0 Å². The fourth-order valence-electron chi connectivity index (χ4n) is 2.93. The minimum absolute atomic E-state index is 0.369. The second kappa shape index (κ2) is 7.68. The molecule has 1 heterocycles. The van der Waals surface area contributed by atoms with Crippen molar-refractivity contribution in [1.29, 1.82) is 0 Å². The van der Waals surface area contributed by atoms with E-state index in [4.69, 9.17) is 0 Å². The van der Waals surface area contributed by atoms with Crippen LogP contribution in [0.5, 0.6) is 0 Å². The number of amides is 2. The lowest BCUT2D eigenvalue weighted by atomic mass is 10.1. The zero-order valence-corrected chi connectivity index (χ0v) is 14.4. The van der Waals surface area contributed by atoms with Gasteiger partial charge in [-0.15, -0.1) is 0 Å². The number of piperazine rings is 1. The number of aryl methyl sites for hydroxylation is 1. The van der Waals surface area contributed by atoms with E-state index in [-0.39, 0.29) is 5.69 Å². The first-order chi connectivity index (χ1) is 12.5. The van der Waals surface area contributed by atoms with Crippen molar-refractivity contribution in [2.75, 3.05) is 36.4 Å². The van der Waals surface area contributed by atoms with Gasteiger partial charge in [0.2, 0.25) is 0 Å². The van der Waals surface area contributed by atoms with E-state index in [2.05, 4.69) is 41.4 Å². The molecule has 0 radical (unpaired) electrons. The number of nitrogens with one attached hydrogen (secondary N) is 1. The van der Waals surface area contributed by atoms with E-state index < -0.39 is 23.5 Å². The van der Waals surface area contributed by atoms with Crippen molar-refractivity contribution in [2.45, 2.75) is 13.3 Å². The number of benzene rings is 2. The maximum absolute atomic E-state index is 13.7. The summed E-state index contributed by atoms with van der Waals surface area (Å²) in [6, 6.07) is 9.55. The third-order valence-corrected chi connectivity index (χ3v) is 4.55. The molecule has 0 saturated carbocycles. The molecule has 138 valence electrons. The van der Waals surface area contributed by atoms with Gasteiger partial charge in [-0.3, -0.25) is 0 Å². The highest BCUT2D eigenvalue weighted by molar-refractivity contribution is 5.89. The van der Waals surface area contributed by atoms with Crippen molar-refractivity contribution in [3.63, 3.8) is 0 Å². The average Bonchev–Trinajstić information content (AvgIpc) is 2.68. The Balaban J connectivity index is 1.59. The molecule has 2 amide bonds. The quantitative estimate of drug-likeness (QED) is 0.836. The molecule has 3 rings (SSSR count). The molecule has 0 unspecified atom stereocenters. The number of nitrogens with zero attached hydrogens (tertiary/aromatic N) is 2. The summed E-state index contributed by atoms with van der Waals surface area (Å²) in [5, 5.41) is 2.30. The third-order valence-electron chi connectivity index (χ3n) is 4.55. The van der Waals surface area contributed by atoms with Gasteiger partial charge in [-0.05, 0) is 36.2 Å². The number of urea groups is 1. The molecule has 2 aromatic rings. The molecule has 1 saturated heterocycles. The van der Waals surface area contributed by atoms with Gasteiger partial charge >= 0.3 is 6.03 Å². The topological polar surface area (TPSA) is 35.6 Å². The zero-order valence-electron chi connectivity index (χ0n) is 14.4. The van der Waals surface area contributed by atoms with E-state index in [1.165, 1.54) is 10.5 Å². The molecule has 26 heavy (non-hydrogen) atoms. The summed E-state index contributed by atoms with van der Waals surface area (Å²) in [6.45, 7) is 4.28. The maximum atomic E-state index is 13.7. The minimum Gasteiger partial charge on any atom is -0.368 e. The lowest BCUT2D eigenvalue weighted by Crippen LogP contribution is -2.50. The maximum Gasteiger partial charge on any atom is 0.322 e. The van der Waals surface area contributed by atoms with Crippen molar-refractivity contribution >= 4 is 17.4 Å². The normalized spacial score (nSPS) is 14.5.